The Morgan fingerprint density at radius 1 is 1.03 bits per heavy atom. The zero-order chi connectivity index (χ0) is 26.7. The lowest BCUT2D eigenvalue weighted by atomic mass is 10.2. The number of hydrogen-bond donors (Lipinski definition) is 1. The van der Waals surface area contributed by atoms with E-state index in [2.05, 4.69) is 30.0 Å². The second-order valence-electron chi connectivity index (χ2n) is 7.84. The Kier molecular flexibility index (Phi) is 7.61. The lowest BCUT2D eigenvalue weighted by Gasteiger charge is -2.22. The van der Waals surface area contributed by atoms with Crippen LogP contribution in [-0.4, -0.2) is 69.5 Å². The number of nitrogens with one attached hydrogen (secondary N) is 1. The van der Waals surface area contributed by atoms with Crippen molar-refractivity contribution in [2.45, 2.75) is 18.3 Å². The van der Waals surface area contributed by atoms with Crippen LogP contribution in [0.3, 0.4) is 0 Å². The van der Waals surface area contributed by atoms with E-state index in [-0.39, 0.29) is 17.6 Å². The van der Waals surface area contributed by atoms with Gasteiger partial charge < -0.3 is 14.2 Å². The fraction of sp³-hybridized carbons (Fsp3) is 0.318. The number of para-hydroxylation sites is 1. The van der Waals surface area contributed by atoms with Gasteiger partial charge in [0.05, 0.1) is 19.2 Å². The summed E-state index contributed by atoms with van der Waals surface area (Å²) >= 11 is 5.87. The maximum atomic E-state index is 13.5. The van der Waals surface area contributed by atoms with Crippen molar-refractivity contribution in [3.05, 3.63) is 53.7 Å². The van der Waals surface area contributed by atoms with Crippen LogP contribution in [0.25, 0.3) is 17.2 Å². The molecule has 4 aromatic rings. The van der Waals surface area contributed by atoms with Crippen LogP contribution < -0.4 is 14.2 Å². The van der Waals surface area contributed by atoms with E-state index >= 15 is 0 Å². The number of rotatable bonds is 10. The average Bonchev–Trinajstić information content (AvgIpc) is 3.50. The first-order valence-electron chi connectivity index (χ1n) is 10.9. The summed E-state index contributed by atoms with van der Waals surface area (Å²) < 4.78 is 49.3. The standard InChI is InChI=1S/C22H25ClN8O5S/c1-13(19(36-5)20-24-11-14(23)12-25-20)37(32,33)29-22-27-26-21(15-9-10-30(2)28-15)31(22)18-16(34-3)7-6-8-17(18)35-4/h6-13,19H,1-5H3,(H,27,29)/t13-,19-/m0/s1. The molecule has 0 aliphatic carbocycles. The van der Waals surface area contributed by atoms with Gasteiger partial charge in [-0.2, -0.15) is 5.10 Å². The van der Waals surface area contributed by atoms with Crippen LogP contribution >= 0.6 is 11.6 Å². The van der Waals surface area contributed by atoms with Crippen LogP contribution in [0.2, 0.25) is 5.02 Å². The van der Waals surface area contributed by atoms with Crippen molar-refractivity contribution in [1.82, 2.24) is 34.5 Å². The van der Waals surface area contributed by atoms with Crippen LogP contribution in [-0.2, 0) is 21.8 Å². The zero-order valence-electron chi connectivity index (χ0n) is 20.7. The van der Waals surface area contributed by atoms with Gasteiger partial charge in [0.15, 0.2) is 11.6 Å². The summed E-state index contributed by atoms with van der Waals surface area (Å²) in [5.41, 5.74) is 0.832. The van der Waals surface area contributed by atoms with E-state index in [1.54, 1.807) is 42.2 Å². The molecule has 0 saturated heterocycles. The predicted octanol–water partition coefficient (Wildman–Crippen LogP) is 2.65. The molecule has 1 aromatic carbocycles. The molecule has 0 aliphatic rings. The maximum absolute atomic E-state index is 13.5. The molecule has 0 bridgehead atoms. The van der Waals surface area contributed by atoms with E-state index in [9.17, 15) is 8.42 Å². The van der Waals surface area contributed by atoms with E-state index in [1.165, 1.54) is 45.2 Å². The third-order valence-electron chi connectivity index (χ3n) is 5.53. The van der Waals surface area contributed by atoms with Gasteiger partial charge in [0.1, 0.15) is 34.2 Å². The van der Waals surface area contributed by atoms with Gasteiger partial charge in [0, 0.05) is 32.7 Å². The van der Waals surface area contributed by atoms with Gasteiger partial charge in [-0.3, -0.25) is 14.0 Å². The molecule has 2 atom stereocenters. The number of nitrogens with zero attached hydrogens (tertiary/aromatic N) is 7. The third-order valence-corrected chi connectivity index (χ3v) is 7.42. The Balaban J connectivity index is 1.82. The van der Waals surface area contributed by atoms with Gasteiger partial charge in [-0.05, 0) is 25.1 Å². The molecule has 0 unspecified atom stereocenters. The van der Waals surface area contributed by atoms with Crippen molar-refractivity contribution in [2.75, 3.05) is 26.1 Å². The Labute approximate surface area is 218 Å². The molecule has 15 heteroatoms. The number of anilines is 1. The van der Waals surface area contributed by atoms with E-state index < -0.39 is 21.4 Å². The topological polar surface area (TPSA) is 148 Å². The fourth-order valence-electron chi connectivity index (χ4n) is 3.67. The minimum atomic E-state index is -4.13. The van der Waals surface area contributed by atoms with Crippen LogP contribution in [0.5, 0.6) is 11.5 Å². The van der Waals surface area contributed by atoms with E-state index in [4.69, 9.17) is 25.8 Å². The van der Waals surface area contributed by atoms with Crippen molar-refractivity contribution in [1.29, 1.82) is 0 Å². The molecule has 4 rings (SSSR count). The molecule has 0 radical (unpaired) electrons. The summed E-state index contributed by atoms with van der Waals surface area (Å²) in [6.45, 7) is 1.47. The summed E-state index contributed by atoms with van der Waals surface area (Å²) in [6, 6.07) is 6.88. The third kappa shape index (κ3) is 5.21. The molecule has 0 fully saturated rings. The number of ether oxygens (including phenoxy) is 3. The number of aryl methyl sites for hydroxylation is 1. The molecule has 0 aliphatic heterocycles. The number of methoxy groups -OCH3 is 3. The summed E-state index contributed by atoms with van der Waals surface area (Å²) in [5, 5.41) is 11.9. The van der Waals surface area contributed by atoms with Crippen molar-refractivity contribution in [2.24, 2.45) is 7.05 Å². The predicted molar refractivity (Wildman–Crippen MR) is 135 cm³/mol. The van der Waals surface area contributed by atoms with Crippen molar-refractivity contribution >= 4 is 27.6 Å². The summed E-state index contributed by atoms with van der Waals surface area (Å²) in [4.78, 5) is 8.22. The molecule has 3 heterocycles. The largest absolute Gasteiger partial charge is 0.494 e. The van der Waals surface area contributed by atoms with E-state index in [1.807, 2.05) is 0 Å². The molecular formula is C22H25ClN8O5S. The Bertz CT molecular complexity index is 1470. The Morgan fingerprint density at radius 3 is 2.22 bits per heavy atom. The second kappa shape index (κ2) is 10.7. The van der Waals surface area contributed by atoms with E-state index in [0.29, 0.717) is 27.9 Å². The molecular weight excluding hydrogens is 524 g/mol. The zero-order valence-corrected chi connectivity index (χ0v) is 22.2. The minimum absolute atomic E-state index is 0.109. The van der Waals surface area contributed by atoms with Crippen molar-refractivity contribution in [3.63, 3.8) is 0 Å². The average molecular weight is 549 g/mol. The molecule has 13 nitrogen and oxygen atoms in total. The smallest absolute Gasteiger partial charge is 0.243 e. The second-order valence-corrected chi connectivity index (χ2v) is 10.3. The lowest BCUT2D eigenvalue weighted by Crippen LogP contribution is -2.33. The van der Waals surface area contributed by atoms with Gasteiger partial charge in [-0.15, -0.1) is 10.2 Å². The highest BCUT2D eigenvalue weighted by atomic mass is 35.5. The summed E-state index contributed by atoms with van der Waals surface area (Å²) in [5.74, 6) is 1.11. The monoisotopic (exact) mass is 548 g/mol. The number of aromatic nitrogens is 7. The van der Waals surface area contributed by atoms with Gasteiger partial charge >= 0.3 is 0 Å². The number of benzene rings is 1. The highest BCUT2D eigenvalue weighted by Crippen LogP contribution is 2.37. The summed E-state index contributed by atoms with van der Waals surface area (Å²) in [7, 11) is 1.97. The first kappa shape index (κ1) is 26.3. The Morgan fingerprint density at radius 2 is 1.68 bits per heavy atom. The van der Waals surface area contributed by atoms with Gasteiger partial charge in [0.25, 0.3) is 0 Å². The first-order valence-corrected chi connectivity index (χ1v) is 12.8. The van der Waals surface area contributed by atoms with Crippen molar-refractivity contribution < 1.29 is 22.6 Å². The number of halogens is 1. The number of hydrogen-bond acceptors (Lipinski definition) is 10. The minimum Gasteiger partial charge on any atom is -0.494 e. The molecule has 196 valence electrons. The molecule has 0 saturated carbocycles. The van der Waals surface area contributed by atoms with Gasteiger partial charge in [-0.25, -0.2) is 18.4 Å². The van der Waals surface area contributed by atoms with Crippen LogP contribution in [0.1, 0.15) is 18.9 Å². The van der Waals surface area contributed by atoms with Crippen LogP contribution in [0.4, 0.5) is 5.95 Å². The normalized spacial score (nSPS) is 13.2. The fourth-order valence-corrected chi connectivity index (χ4v) is 4.90. The molecule has 0 amide bonds. The van der Waals surface area contributed by atoms with Crippen LogP contribution in [0.15, 0.2) is 42.9 Å². The van der Waals surface area contributed by atoms with E-state index in [0.717, 1.165) is 0 Å². The Hall–Kier alpha value is -3.75. The quantitative estimate of drug-likeness (QED) is 0.313. The maximum Gasteiger partial charge on any atom is 0.243 e. The SMILES string of the molecule is COc1cccc(OC)c1-n1c(NS(=O)(=O)[C@@H](C)[C@H](OC)c2ncc(Cl)cn2)nnc1-c1ccn(C)n1. The highest BCUT2D eigenvalue weighted by molar-refractivity contribution is 7.93. The molecule has 37 heavy (non-hydrogen) atoms. The molecule has 3 aromatic heterocycles. The van der Waals surface area contributed by atoms with Crippen molar-refractivity contribution in [3.8, 4) is 28.7 Å². The highest BCUT2D eigenvalue weighted by Gasteiger charge is 2.35. The number of sulfonamides is 1. The van der Waals surface area contributed by atoms with Crippen LogP contribution in [0, 0.1) is 0 Å². The summed E-state index contributed by atoms with van der Waals surface area (Å²) in [6.07, 6.45) is 3.47. The lowest BCUT2D eigenvalue weighted by molar-refractivity contribution is 0.0950. The first-order chi connectivity index (χ1) is 17.7. The van der Waals surface area contributed by atoms with Gasteiger partial charge in [-0.1, -0.05) is 17.7 Å². The molecule has 1 N–H and O–H groups in total. The molecule has 0 spiro atoms. The van der Waals surface area contributed by atoms with Gasteiger partial charge in [0.2, 0.25) is 16.0 Å².